The lowest BCUT2D eigenvalue weighted by Gasteiger charge is -2.35. The maximum Gasteiger partial charge on any atom is 0.356 e. The summed E-state index contributed by atoms with van der Waals surface area (Å²) in [6.45, 7) is 1.27. The van der Waals surface area contributed by atoms with E-state index in [4.69, 9.17) is 4.84 Å². The predicted molar refractivity (Wildman–Crippen MR) is 85.1 cm³/mol. The fraction of sp³-hybridized carbons (Fsp3) is 0.125. The summed E-state index contributed by atoms with van der Waals surface area (Å²) in [5, 5.41) is 3.81. The van der Waals surface area contributed by atoms with Crippen LogP contribution in [0.15, 0.2) is 53.0 Å². The molecule has 1 N–H and O–H groups in total. The molecular weight excluding hydrogens is 348 g/mol. The molecule has 1 aliphatic heterocycles. The average molecular weight is 361 g/mol. The van der Waals surface area contributed by atoms with Crippen LogP contribution in [0.2, 0.25) is 0 Å². The van der Waals surface area contributed by atoms with Crippen LogP contribution in [-0.2, 0) is 9.63 Å². The van der Waals surface area contributed by atoms with Gasteiger partial charge in [0.05, 0.1) is 0 Å². The molecule has 6 heteroatoms. The summed E-state index contributed by atoms with van der Waals surface area (Å²) >= 11 is 3.44. The second kappa shape index (κ2) is 5.81. The fourth-order valence-corrected chi connectivity index (χ4v) is 2.85. The molecule has 5 nitrogen and oxygen atoms in total. The number of carbonyl (C=O) groups is 2. The van der Waals surface area contributed by atoms with Crippen molar-refractivity contribution >= 4 is 33.6 Å². The Morgan fingerprint density at radius 3 is 2.64 bits per heavy atom. The van der Waals surface area contributed by atoms with Crippen molar-refractivity contribution < 1.29 is 14.4 Å². The third kappa shape index (κ3) is 2.69. The normalized spacial score (nSPS) is 16.7. The molecule has 0 spiro atoms. The van der Waals surface area contributed by atoms with Gasteiger partial charge in [0.25, 0.3) is 0 Å². The SMILES string of the molecule is CC(=O)ON1C(=O)Nc2ccc(Br)cc2[C@H]1c1ccccc1. The molecule has 0 aromatic heterocycles. The van der Waals surface area contributed by atoms with Crippen LogP contribution in [0.4, 0.5) is 10.5 Å². The summed E-state index contributed by atoms with van der Waals surface area (Å²) in [7, 11) is 0. The molecule has 112 valence electrons. The number of halogens is 1. The maximum absolute atomic E-state index is 12.3. The van der Waals surface area contributed by atoms with Crippen LogP contribution in [0.3, 0.4) is 0 Å². The Balaban J connectivity index is 2.15. The molecule has 3 rings (SSSR count). The number of amides is 2. The number of benzene rings is 2. The molecule has 0 bridgehead atoms. The summed E-state index contributed by atoms with van der Waals surface area (Å²) in [5.41, 5.74) is 2.41. The van der Waals surface area contributed by atoms with E-state index in [1.54, 1.807) is 0 Å². The largest absolute Gasteiger partial charge is 0.356 e. The number of urea groups is 1. The number of hydrogen-bond donors (Lipinski definition) is 1. The van der Waals surface area contributed by atoms with Crippen molar-refractivity contribution in [3.63, 3.8) is 0 Å². The van der Waals surface area contributed by atoms with Crippen molar-refractivity contribution in [3.8, 4) is 0 Å². The van der Waals surface area contributed by atoms with Crippen LogP contribution in [0, 0.1) is 0 Å². The number of fused-ring (bicyclic) bond motifs is 1. The first-order chi connectivity index (χ1) is 10.6. The molecule has 0 radical (unpaired) electrons. The minimum Gasteiger partial charge on any atom is -0.336 e. The molecule has 0 saturated carbocycles. The van der Waals surface area contributed by atoms with Crippen LogP contribution in [0.5, 0.6) is 0 Å². The van der Waals surface area contributed by atoms with Gasteiger partial charge in [0.15, 0.2) is 0 Å². The second-order valence-electron chi connectivity index (χ2n) is 4.88. The van der Waals surface area contributed by atoms with Gasteiger partial charge in [-0.15, -0.1) is 5.06 Å². The molecule has 1 aliphatic rings. The van der Waals surface area contributed by atoms with Crippen LogP contribution in [0.1, 0.15) is 24.1 Å². The zero-order valence-corrected chi connectivity index (χ0v) is 13.3. The van der Waals surface area contributed by atoms with Gasteiger partial charge in [-0.3, -0.25) is 4.79 Å². The lowest BCUT2D eigenvalue weighted by atomic mass is 9.95. The third-order valence-electron chi connectivity index (χ3n) is 3.33. The first kappa shape index (κ1) is 14.6. The molecule has 0 saturated heterocycles. The monoisotopic (exact) mass is 360 g/mol. The van der Waals surface area contributed by atoms with Crippen molar-refractivity contribution in [3.05, 3.63) is 64.1 Å². The quantitative estimate of drug-likeness (QED) is 0.884. The van der Waals surface area contributed by atoms with Gasteiger partial charge in [-0.2, -0.15) is 0 Å². The molecule has 0 unspecified atom stereocenters. The maximum atomic E-state index is 12.3. The molecular formula is C16H13BrN2O3. The number of nitrogens with zero attached hydrogens (tertiary/aromatic N) is 1. The predicted octanol–water partition coefficient (Wildman–Crippen LogP) is 3.86. The number of anilines is 1. The molecule has 2 aromatic carbocycles. The van der Waals surface area contributed by atoms with Crippen LogP contribution in [-0.4, -0.2) is 17.1 Å². The van der Waals surface area contributed by atoms with Gasteiger partial charge in [-0.25, -0.2) is 4.79 Å². The second-order valence-corrected chi connectivity index (χ2v) is 5.80. The van der Waals surface area contributed by atoms with Gasteiger partial charge in [0.2, 0.25) is 0 Å². The lowest BCUT2D eigenvalue weighted by Crippen LogP contribution is -2.43. The molecule has 1 heterocycles. The first-order valence-electron chi connectivity index (χ1n) is 6.69. The van der Waals surface area contributed by atoms with Gasteiger partial charge in [0, 0.05) is 22.6 Å². The number of hydrogen-bond acceptors (Lipinski definition) is 3. The van der Waals surface area contributed by atoms with E-state index >= 15 is 0 Å². The summed E-state index contributed by atoms with van der Waals surface area (Å²) < 4.78 is 0.881. The van der Waals surface area contributed by atoms with E-state index in [1.165, 1.54) is 6.92 Å². The van der Waals surface area contributed by atoms with Gasteiger partial charge in [-0.1, -0.05) is 46.3 Å². The highest BCUT2D eigenvalue weighted by Crippen LogP contribution is 2.39. The third-order valence-corrected chi connectivity index (χ3v) is 3.82. The Labute approximate surface area is 136 Å². The average Bonchev–Trinajstić information content (AvgIpc) is 2.49. The van der Waals surface area contributed by atoms with E-state index in [0.717, 1.165) is 20.7 Å². The summed E-state index contributed by atoms with van der Waals surface area (Å²) in [6.07, 6.45) is 0. The smallest absolute Gasteiger partial charge is 0.336 e. The van der Waals surface area contributed by atoms with Gasteiger partial charge < -0.3 is 10.2 Å². The Bertz CT molecular complexity index is 733. The minimum atomic E-state index is -0.547. The van der Waals surface area contributed by atoms with Crippen molar-refractivity contribution in [2.45, 2.75) is 13.0 Å². The number of hydroxylamine groups is 2. The highest BCUT2D eigenvalue weighted by molar-refractivity contribution is 9.10. The van der Waals surface area contributed by atoms with Crippen molar-refractivity contribution in [1.82, 2.24) is 5.06 Å². The lowest BCUT2D eigenvalue weighted by molar-refractivity contribution is -0.179. The van der Waals surface area contributed by atoms with Gasteiger partial charge >= 0.3 is 12.0 Å². The number of carbonyl (C=O) groups excluding carboxylic acids is 2. The van der Waals surface area contributed by atoms with Crippen LogP contribution >= 0.6 is 15.9 Å². The van der Waals surface area contributed by atoms with E-state index in [0.29, 0.717) is 5.69 Å². The summed E-state index contributed by atoms with van der Waals surface area (Å²) in [5.74, 6) is -0.547. The number of rotatable bonds is 2. The van der Waals surface area contributed by atoms with Crippen LogP contribution < -0.4 is 5.32 Å². The Hall–Kier alpha value is -2.34. The summed E-state index contributed by atoms with van der Waals surface area (Å²) in [6, 6.07) is 14.0. The minimum absolute atomic E-state index is 0.473. The fourth-order valence-electron chi connectivity index (χ4n) is 2.47. The van der Waals surface area contributed by atoms with E-state index in [9.17, 15) is 9.59 Å². The van der Waals surface area contributed by atoms with E-state index in [1.807, 2.05) is 48.5 Å². The molecule has 0 fully saturated rings. The molecule has 0 aliphatic carbocycles. The molecule has 2 amide bonds. The highest BCUT2D eigenvalue weighted by Gasteiger charge is 2.36. The van der Waals surface area contributed by atoms with E-state index in [2.05, 4.69) is 21.2 Å². The van der Waals surface area contributed by atoms with Crippen molar-refractivity contribution in [2.24, 2.45) is 0 Å². The Morgan fingerprint density at radius 1 is 1.23 bits per heavy atom. The van der Waals surface area contributed by atoms with Gasteiger partial charge in [0.1, 0.15) is 6.04 Å². The van der Waals surface area contributed by atoms with Gasteiger partial charge in [-0.05, 0) is 23.8 Å². The van der Waals surface area contributed by atoms with Crippen molar-refractivity contribution in [1.29, 1.82) is 0 Å². The summed E-state index contributed by atoms with van der Waals surface area (Å²) in [4.78, 5) is 28.8. The molecule has 1 atom stereocenters. The van der Waals surface area contributed by atoms with E-state index < -0.39 is 18.0 Å². The highest BCUT2D eigenvalue weighted by atomic mass is 79.9. The Morgan fingerprint density at radius 2 is 1.95 bits per heavy atom. The van der Waals surface area contributed by atoms with Crippen LogP contribution in [0.25, 0.3) is 0 Å². The molecule has 2 aromatic rings. The van der Waals surface area contributed by atoms with Crippen molar-refractivity contribution in [2.75, 3.05) is 5.32 Å². The number of nitrogens with one attached hydrogen (secondary N) is 1. The molecule has 22 heavy (non-hydrogen) atoms. The standard InChI is InChI=1S/C16H13BrN2O3/c1-10(20)22-19-15(11-5-3-2-4-6-11)13-9-12(17)7-8-14(13)18-16(19)21/h2-9,15H,1H3,(H,18,21)/t15-/m1/s1. The Kier molecular flexibility index (Phi) is 3.85. The zero-order chi connectivity index (χ0) is 15.7. The topological polar surface area (TPSA) is 58.6 Å². The van der Waals surface area contributed by atoms with E-state index in [-0.39, 0.29) is 0 Å². The first-order valence-corrected chi connectivity index (χ1v) is 7.48. The zero-order valence-electron chi connectivity index (χ0n) is 11.7.